The summed E-state index contributed by atoms with van der Waals surface area (Å²) in [5.74, 6) is 1.46. The van der Waals surface area contributed by atoms with Gasteiger partial charge < -0.3 is 20.1 Å². The van der Waals surface area contributed by atoms with Crippen LogP contribution >= 0.6 is 0 Å². The monoisotopic (exact) mass is 452 g/mol. The number of hydrogen-bond donors (Lipinski definition) is 2. The van der Waals surface area contributed by atoms with Crippen molar-refractivity contribution in [1.82, 2.24) is 10.2 Å². The SMILES string of the molecule is C1CCCCC1.COc1ccccc1C1CCN(C[C@@H](Cc2ccccc2)NC(=O)O)CC1. The number of rotatable bonds is 7. The first-order valence-electron chi connectivity index (χ1n) is 12.5. The molecule has 0 unspecified atom stereocenters. The van der Waals surface area contributed by atoms with E-state index in [-0.39, 0.29) is 6.04 Å². The van der Waals surface area contributed by atoms with Gasteiger partial charge in [-0.25, -0.2) is 4.79 Å². The van der Waals surface area contributed by atoms with Gasteiger partial charge in [-0.05, 0) is 55.5 Å². The third kappa shape index (κ3) is 8.73. The number of carboxylic acid groups (broad SMARTS) is 1. The zero-order valence-corrected chi connectivity index (χ0v) is 20.0. The van der Waals surface area contributed by atoms with Crippen LogP contribution in [-0.4, -0.2) is 48.9 Å². The molecule has 5 nitrogen and oxygen atoms in total. The molecule has 0 aromatic heterocycles. The van der Waals surface area contributed by atoms with Gasteiger partial charge in [0.2, 0.25) is 0 Å². The van der Waals surface area contributed by atoms with E-state index in [1.807, 2.05) is 42.5 Å². The number of para-hydroxylation sites is 1. The first-order valence-corrected chi connectivity index (χ1v) is 12.5. The second kappa shape index (κ2) is 13.9. The van der Waals surface area contributed by atoms with Crippen LogP contribution in [0.25, 0.3) is 0 Å². The standard InChI is InChI=1S/C22H28N2O3.C6H12/c1-27-21-10-6-5-9-20(21)18-11-13-24(14-12-18)16-19(23-22(25)26)15-17-7-3-2-4-8-17;1-2-4-6-5-3-1/h2-10,18-19,23H,11-16H2,1H3,(H,25,26);1-6H2/t19-;/m1./s1. The largest absolute Gasteiger partial charge is 0.496 e. The van der Waals surface area contributed by atoms with Crippen LogP contribution < -0.4 is 10.1 Å². The minimum atomic E-state index is -0.958. The molecule has 180 valence electrons. The van der Waals surface area contributed by atoms with Crippen molar-refractivity contribution >= 4 is 6.09 Å². The van der Waals surface area contributed by atoms with Crippen molar-refractivity contribution in [2.75, 3.05) is 26.7 Å². The van der Waals surface area contributed by atoms with Crippen LogP contribution in [0.15, 0.2) is 54.6 Å². The number of amides is 1. The Bertz CT molecular complexity index is 803. The molecular formula is C28H40N2O3. The van der Waals surface area contributed by atoms with Crippen LogP contribution in [0, 0.1) is 0 Å². The number of piperidine rings is 1. The van der Waals surface area contributed by atoms with Crippen LogP contribution in [0.3, 0.4) is 0 Å². The molecule has 2 N–H and O–H groups in total. The molecule has 1 saturated heterocycles. The smallest absolute Gasteiger partial charge is 0.404 e. The van der Waals surface area contributed by atoms with Gasteiger partial charge in [-0.1, -0.05) is 87.1 Å². The Morgan fingerprint density at radius 2 is 1.55 bits per heavy atom. The second-order valence-electron chi connectivity index (χ2n) is 9.27. The zero-order chi connectivity index (χ0) is 23.3. The Hall–Kier alpha value is -2.53. The van der Waals surface area contributed by atoms with Gasteiger partial charge in [0.15, 0.2) is 0 Å². The Morgan fingerprint density at radius 1 is 0.970 bits per heavy atom. The first-order chi connectivity index (χ1) is 16.2. The van der Waals surface area contributed by atoms with Crippen molar-refractivity contribution < 1.29 is 14.6 Å². The van der Waals surface area contributed by atoms with Crippen LogP contribution in [-0.2, 0) is 6.42 Å². The summed E-state index contributed by atoms with van der Waals surface area (Å²) in [6.07, 6.45) is 10.9. The summed E-state index contributed by atoms with van der Waals surface area (Å²) in [6, 6.07) is 18.2. The molecule has 1 heterocycles. The van der Waals surface area contributed by atoms with E-state index in [2.05, 4.69) is 22.3 Å². The number of ether oxygens (including phenoxy) is 1. The van der Waals surface area contributed by atoms with E-state index in [1.54, 1.807) is 7.11 Å². The highest BCUT2D eigenvalue weighted by molar-refractivity contribution is 5.64. The summed E-state index contributed by atoms with van der Waals surface area (Å²) < 4.78 is 5.51. The van der Waals surface area contributed by atoms with E-state index >= 15 is 0 Å². The Balaban J connectivity index is 0.000000442. The molecule has 1 amide bonds. The molecule has 0 spiro atoms. The lowest BCUT2D eigenvalue weighted by Crippen LogP contribution is -2.46. The normalized spacial score (nSPS) is 18.0. The lowest BCUT2D eigenvalue weighted by molar-refractivity contribution is 0.168. The van der Waals surface area contributed by atoms with E-state index < -0.39 is 6.09 Å². The number of carbonyl (C=O) groups is 1. The van der Waals surface area contributed by atoms with Gasteiger partial charge in [0.05, 0.1) is 7.11 Å². The molecule has 1 atom stereocenters. The minimum Gasteiger partial charge on any atom is -0.496 e. The summed E-state index contributed by atoms with van der Waals surface area (Å²) >= 11 is 0. The summed E-state index contributed by atoms with van der Waals surface area (Å²) in [5.41, 5.74) is 2.43. The summed E-state index contributed by atoms with van der Waals surface area (Å²) in [4.78, 5) is 13.6. The molecule has 1 aliphatic carbocycles. The molecule has 5 heteroatoms. The molecule has 0 bridgehead atoms. The quantitative estimate of drug-likeness (QED) is 0.533. The van der Waals surface area contributed by atoms with Crippen molar-refractivity contribution in [2.45, 2.75) is 69.7 Å². The third-order valence-corrected chi connectivity index (χ3v) is 6.80. The molecular weight excluding hydrogens is 412 g/mol. The molecule has 2 fully saturated rings. The van der Waals surface area contributed by atoms with Crippen LogP contribution in [0.2, 0.25) is 0 Å². The van der Waals surface area contributed by atoms with E-state index in [1.165, 1.54) is 44.1 Å². The van der Waals surface area contributed by atoms with E-state index in [0.717, 1.165) is 43.8 Å². The van der Waals surface area contributed by atoms with Crippen molar-refractivity contribution in [3.8, 4) is 5.75 Å². The molecule has 33 heavy (non-hydrogen) atoms. The van der Waals surface area contributed by atoms with E-state index in [9.17, 15) is 9.90 Å². The fourth-order valence-corrected chi connectivity index (χ4v) is 5.04. The van der Waals surface area contributed by atoms with Gasteiger partial charge in [0, 0.05) is 12.6 Å². The van der Waals surface area contributed by atoms with Gasteiger partial charge in [0.1, 0.15) is 5.75 Å². The highest BCUT2D eigenvalue weighted by Gasteiger charge is 2.25. The Labute approximate surface area is 199 Å². The second-order valence-corrected chi connectivity index (χ2v) is 9.27. The van der Waals surface area contributed by atoms with Crippen molar-refractivity contribution in [1.29, 1.82) is 0 Å². The van der Waals surface area contributed by atoms with E-state index in [0.29, 0.717) is 12.3 Å². The molecule has 4 rings (SSSR count). The molecule has 1 aliphatic heterocycles. The lowest BCUT2D eigenvalue weighted by atomic mass is 9.88. The molecule has 2 aliphatic rings. The van der Waals surface area contributed by atoms with Crippen molar-refractivity contribution in [3.63, 3.8) is 0 Å². The Morgan fingerprint density at radius 3 is 2.12 bits per heavy atom. The first kappa shape index (κ1) is 25.1. The fourth-order valence-electron chi connectivity index (χ4n) is 5.04. The topological polar surface area (TPSA) is 61.8 Å². The van der Waals surface area contributed by atoms with Gasteiger partial charge in [-0.15, -0.1) is 0 Å². The number of hydrogen-bond acceptors (Lipinski definition) is 3. The van der Waals surface area contributed by atoms with Crippen LogP contribution in [0.1, 0.15) is 68.4 Å². The average Bonchev–Trinajstić information content (AvgIpc) is 2.86. The molecule has 0 radical (unpaired) electrons. The number of nitrogens with zero attached hydrogens (tertiary/aromatic N) is 1. The molecule has 1 saturated carbocycles. The lowest BCUT2D eigenvalue weighted by Gasteiger charge is -2.34. The van der Waals surface area contributed by atoms with Gasteiger partial charge >= 0.3 is 6.09 Å². The maximum Gasteiger partial charge on any atom is 0.404 e. The van der Waals surface area contributed by atoms with Gasteiger partial charge in [-0.3, -0.25) is 0 Å². The van der Waals surface area contributed by atoms with E-state index in [4.69, 9.17) is 4.74 Å². The number of likely N-dealkylation sites (tertiary alicyclic amines) is 1. The van der Waals surface area contributed by atoms with Gasteiger partial charge in [0.25, 0.3) is 0 Å². The predicted octanol–water partition coefficient (Wildman–Crippen LogP) is 6.09. The average molecular weight is 453 g/mol. The van der Waals surface area contributed by atoms with Crippen LogP contribution in [0.4, 0.5) is 4.79 Å². The summed E-state index contributed by atoms with van der Waals surface area (Å²) in [5, 5.41) is 11.9. The van der Waals surface area contributed by atoms with Crippen LogP contribution in [0.5, 0.6) is 5.75 Å². The summed E-state index contributed by atoms with van der Waals surface area (Å²) in [6.45, 7) is 2.67. The zero-order valence-electron chi connectivity index (χ0n) is 20.0. The Kier molecular flexibility index (Phi) is 10.6. The molecule has 2 aromatic rings. The minimum absolute atomic E-state index is 0.104. The van der Waals surface area contributed by atoms with Crippen molar-refractivity contribution in [3.05, 3.63) is 65.7 Å². The number of benzene rings is 2. The fraction of sp³-hybridized carbons (Fsp3) is 0.536. The van der Waals surface area contributed by atoms with Crippen molar-refractivity contribution in [2.24, 2.45) is 0 Å². The summed E-state index contributed by atoms with van der Waals surface area (Å²) in [7, 11) is 1.72. The number of nitrogens with one attached hydrogen (secondary N) is 1. The highest BCUT2D eigenvalue weighted by Crippen LogP contribution is 2.34. The highest BCUT2D eigenvalue weighted by atomic mass is 16.5. The predicted molar refractivity (Wildman–Crippen MR) is 134 cm³/mol. The molecule has 2 aromatic carbocycles. The van der Waals surface area contributed by atoms with Gasteiger partial charge in [-0.2, -0.15) is 0 Å². The third-order valence-electron chi connectivity index (χ3n) is 6.80. The maximum atomic E-state index is 11.2. The number of methoxy groups -OCH3 is 1. The maximum absolute atomic E-state index is 11.2.